The molecular formula is C24H37N5O2. The van der Waals surface area contributed by atoms with Gasteiger partial charge in [-0.05, 0) is 58.3 Å². The van der Waals surface area contributed by atoms with E-state index >= 15 is 0 Å². The number of allylic oxidation sites excluding steroid dienone is 3. The SMILES string of the molecule is C=C(C)C=N/C(C)=C\C.C=Nc1cccc2ncc(NC=O)cc12.CC.CNCOC. The summed E-state index contributed by atoms with van der Waals surface area (Å²) < 4.78 is 4.58. The lowest BCUT2D eigenvalue weighted by Gasteiger charge is -2.03. The number of aromatic nitrogens is 1. The van der Waals surface area contributed by atoms with E-state index in [1.165, 1.54) is 0 Å². The highest BCUT2D eigenvalue weighted by atomic mass is 16.5. The Hall–Kier alpha value is -3.16. The average Bonchev–Trinajstić information content (AvgIpc) is 2.80. The number of carbonyl (C=O) groups excluding carboxylic acids is 1. The Kier molecular flexibility index (Phi) is 19.5. The first-order valence-corrected chi connectivity index (χ1v) is 9.95. The van der Waals surface area contributed by atoms with E-state index in [0.29, 0.717) is 18.8 Å². The third-order valence-corrected chi connectivity index (χ3v) is 3.29. The Balaban J connectivity index is 0. The van der Waals surface area contributed by atoms with Gasteiger partial charge in [-0.2, -0.15) is 0 Å². The third-order valence-electron chi connectivity index (χ3n) is 3.29. The number of hydrogen-bond acceptors (Lipinski definition) is 6. The van der Waals surface area contributed by atoms with Crippen LogP contribution >= 0.6 is 0 Å². The molecule has 1 aromatic heterocycles. The first kappa shape index (κ1) is 30.0. The Bertz CT molecular complexity index is 843. The lowest BCUT2D eigenvalue weighted by Crippen LogP contribution is -2.08. The normalized spacial score (nSPS) is 9.97. The number of ether oxygens (including phenoxy) is 1. The highest BCUT2D eigenvalue weighted by molar-refractivity contribution is 5.93. The Labute approximate surface area is 187 Å². The van der Waals surface area contributed by atoms with Crippen molar-refractivity contribution < 1.29 is 9.53 Å². The molecule has 1 heterocycles. The molecule has 1 aromatic carbocycles. The molecule has 0 unspecified atom stereocenters. The maximum atomic E-state index is 10.3. The highest BCUT2D eigenvalue weighted by Crippen LogP contribution is 2.26. The fraction of sp³-hybridized carbons (Fsp3) is 0.333. The minimum absolute atomic E-state index is 0.618. The van der Waals surface area contributed by atoms with Crippen molar-refractivity contribution in [3.8, 4) is 0 Å². The van der Waals surface area contributed by atoms with Crippen LogP contribution in [0.15, 0.2) is 64.4 Å². The molecule has 0 aliphatic carbocycles. The zero-order chi connectivity index (χ0) is 24.1. The second-order valence-corrected chi connectivity index (χ2v) is 5.81. The molecule has 0 atom stereocenters. The number of nitrogens with one attached hydrogen (secondary N) is 2. The predicted molar refractivity (Wildman–Crippen MR) is 136 cm³/mol. The van der Waals surface area contributed by atoms with E-state index in [1.54, 1.807) is 19.5 Å². The number of hydrogen-bond donors (Lipinski definition) is 2. The average molecular weight is 428 g/mol. The van der Waals surface area contributed by atoms with Crippen LogP contribution in [0.2, 0.25) is 0 Å². The number of rotatable bonds is 7. The van der Waals surface area contributed by atoms with Crippen LogP contribution in [0, 0.1) is 0 Å². The van der Waals surface area contributed by atoms with Crippen LogP contribution in [0.5, 0.6) is 0 Å². The van der Waals surface area contributed by atoms with Gasteiger partial charge in [-0.25, -0.2) is 0 Å². The van der Waals surface area contributed by atoms with E-state index in [2.05, 4.69) is 43.6 Å². The van der Waals surface area contributed by atoms with Crippen molar-refractivity contribution in [2.45, 2.75) is 34.6 Å². The summed E-state index contributed by atoms with van der Waals surface area (Å²) in [7, 11) is 3.49. The van der Waals surface area contributed by atoms with Gasteiger partial charge in [0.2, 0.25) is 6.41 Å². The molecule has 170 valence electrons. The summed E-state index contributed by atoms with van der Waals surface area (Å²) in [6, 6.07) is 7.42. The lowest BCUT2D eigenvalue weighted by atomic mass is 10.2. The summed E-state index contributed by atoms with van der Waals surface area (Å²) in [6.07, 6.45) is 5.94. The third kappa shape index (κ3) is 14.5. The number of aliphatic imine (C=N–C) groups is 2. The molecule has 7 nitrogen and oxygen atoms in total. The van der Waals surface area contributed by atoms with Gasteiger partial charge >= 0.3 is 0 Å². The molecule has 0 aliphatic heterocycles. The standard InChI is InChI=1S/C11H9N3O.C8H13N.C3H9NO.C2H6/c1-12-10-3-2-4-11-9(10)5-8(6-13-11)14-7-15;1-5-8(4)9-6-7(2)3;1-4-3-5-2;1-2/h2-7H,1H2,(H,14,15);5-6H,2H2,1,3-4H3;4H,3H2,1-2H3;1-2H3/b;8-5-,9-6?;;. The van der Waals surface area contributed by atoms with Crippen molar-refractivity contribution in [1.29, 1.82) is 0 Å². The maximum Gasteiger partial charge on any atom is 0.211 e. The van der Waals surface area contributed by atoms with E-state index in [1.807, 2.05) is 72.0 Å². The molecule has 2 aromatic rings. The van der Waals surface area contributed by atoms with Crippen LogP contribution in [-0.2, 0) is 9.53 Å². The number of carbonyl (C=O) groups is 1. The van der Waals surface area contributed by atoms with E-state index in [-0.39, 0.29) is 0 Å². The number of benzene rings is 1. The second kappa shape index (κ2) is 20.1. The van der Waals surface area contributed by atoms with E-state index < -0.39 is 0 Å². The molecule has 7 heteroatoms. The van der Waals surface area contributed by atoms with Crippen molar-refractivity contribution in [3.63, 3.8) is 0 Å². The smallest absolute Gasteiger partial charge is 0.211 e. The highest BCUT2D eigenvalue weighted by Gasteiger charge is 2.01. The van der Waals surface area contributed by atoms with Gasteiger partial charge in [0.25, 0.3) is 0 Å². The van der Waals surface area contributed by atoms with E-state index in [0.717, 1.165) is 27.9 Å². The molecule has 31 heavy (non-hydrogen) atoms. The van der Waals surface area contributed by atoms with Crippen LogP contribution < -0.4 is 10.6 Å². The summed E-state index contributed by atoms with van der Waals surface area (Å²) in [5.41, 5.74) is 4.24. The first-order chi connectivity index (χ1) is 14.9. The molecule has 0 fully saturated rings. The van der Waals surface area contributed by atoms with Crippen molar-refractivity contribution in [2.75, 3.05) is 26.2 Å². The van der Waals surface area contributed by atoms with Gasteiger partial charge in [0.15, 0.2) is 0 Å². The lowest BCUT2D eigenvalue weighted by molar-refractivity contribution is -0.105. The quantitative estimate of drug-likeness (QED) is 0.345. The summed E-state index contributed by atoms with van der Waals surface area (Å²) in [5, 5.41) is 6.22. The van der Waals surface area contributed by atoms with Crippen molar-refractivity contribution >= 4 is 41.6 Å². The molecule has 0 saturated carbocycles. The number of anilines is 1. The first-order valence-electron chi connectivity index (χ1n) is 9.95. The van der Waals surface area contributed by atoms with Gasteiger partial charge in [-0.1, -0.05) is 32.6 Å². The molecule has 0 spiro atoms. The molecule has 0 bridgehead atoms. The summed E-state index contributed by atoms with van der Waals surface area (Å²) in [4.78, 5) is 22.5. The van der Waals surface area contributed by atoms with Gasteiger partial charge in [0.05, 0.1) is 29.8 Å². The molecule has 0 saturated heterocycles. The van der Waals surface area contributed by atoms with Crippen molar-refractivity contribution in [1.82, 2.24) is 10.3 Å². The second-order valence-electron chi connectivity index (χ2n) is 5.81. The van der Waals surface area contributed by atoms with Gasteiger partial charge < -0.3 is 10.1 Å². The number of methoxy groups -OCH3 is 1. The summed E-state index contributed by atoms with van der Waals surface area (Å²) >= 11 is 0. The van der Waals surface area contributed by atoms with Gasteiger partial charge in [0, 0.05) is 24.4 Å². The molecule has 2 rings (SSSR count). The number of fused-ring (bicyclic) bond motifs is 1. The van der Waals surface area contributed by atoms with Crippen molar-refractivity contribution in [2.24, 2.45) is 9.98 Å². The molecule has 2 N–H and O–H groups in total. The number of amides is 1. The minimum atomic E-state index is 0.618. The van der Waals surface area contributed by atoms with Crippen molar-refractivity contribution in [3.05, 3.63) is 54.4 Å². The summed E-state index contributed by atoms with van der Waals surface area (Å²) in [5.74, 6) is 0. The zero-order valence-corrected chi connectivity index (χ0v) is 19.9. The van der Waals surface area contributed by atoms with Gasteiger partial charge in [-0.3, -0.25) is 25.1 Å². The van der Waals surface area contributed by atoms with Crippen LogP contribution in [-0.4, -0.2) is 45.2 Å². The molecular weight excluding hydrogens is 390 g/mol. The molecule has 1 amide bonds. The van der Waals surface area contributed by atoms with Crippen LogP contribution in [0.1, 0.15) is 34.6 Å². The molecule has 0 aliphatic rings. The Morgan fingerprint density at radius 2 is 1.97 bits per heavy atom. The van der Waals surface area contributed by atoms with Crippen LogP contribution in [0.3, 0.4) is 0 Å². The maximum absolute atomic E-state index is 10.3. The van der Waals surface area contributed by atoms with Gasteiger partial charge in [-0.15, -0.1) is 0 Å². The topological polar surface area (TPSA) is 88.0 Å². The fourth-order valence-corrected chi connectivity index (χ4v) is 1.85. The minimum Gasteiger partial charge on any atom is -0.370 e. The number of nitrogens with zero attached hydrogens (tertiary/aromatic N) is 3. The fourth-order valence-electron chi connectivity index (χ4n) is 1.85. The van der Waals surface area contributed by atoms with E-state index in [9.17, 15) is 4.79 Å². The largest absolute Gasteiger partial charge is 0.370 e. The van der Waals surface area contributed by atoms with E-state index in [4.69, 9.17) is 0 Å². The molecule has 0 radical (unpaired) electrons. The van der Waals surface area contributed by atoms with Gasteiger partial charge in [0.1, 0.15) is 0 Å². The Morgan fingerprint density at radius 3 is 2.42 bits per heavy atom. The Morgan fingerprint density at radius 1 is 1.29 bits per heavy atom. The summed E-state index contributed by atoms with van der Waals surface area (Å²) in [6.45, 7) is 17.7. The van der Waals surface area contributed by atoms with Crippen LogP contribution in [0.25, 0.3) is 10.9 Å². The van der Waals surface area contributed by atoms with Crippen LogP contribution in [0.4, 0.5) is 11.4 Å². The number of pyridine rings is 1. The zero-order valence-electron chi connectivity index (χ0n) is 19.9. The monoisotopic (exact) mass is 427 g/mol. The predicted octanol–water partition coefficient (Wildman–Crippen LogP) is 5.53.